The molecule has 0 amide bonds. The van der Waals surface area contributed by atoms with E-state index in [0.717, 1.165) is 48.5 Å². The molecule has 0 radical (unpaired) electrons. The molecule has 3 aromatic heterocycles. The average molecular weight is 451 g/mol. The molecule has 3 heterocycles. The Hall–Kier alpha value is -3.36. The highest BCUT2D eigenvalue weighted by Gasteiger charge is 2.28. The van der Waals surface area contributed by atoms with Gasteiger partial charge in [-0.05, 0) is 45.1 Å². The van der Waals surface area contributed by atoms with Gasteiger partial charge in [0.2, 0.25) is 0 Å². The van der Waals surface area contributed by atoms with Crippen LogP contribution in [0.1, 0.15) is 61.9 Å². The molecule has 9 heteroatoms. The lowest BCUT2D eigenvalue weighted by molar-refractivity contribution is -0.143. The molecule has 174 valence electrons. The summed E-state index contributed by atoms with van der Waals surface area (Å²) < 4.78 is 7.90. The molecule has 1 fully saturated rings. The van der Waals surface area contributed by atoms with E-state index in [1.165, 1.54) is 0 Å². The fourth-order valence-corrected chi connectivity index (χ4v) is 4.29. The first-order valence-corrected chi connectivity index (χ1v) is 11.5. The second kappa shape index (κ2) is 10.1. The van der Waals surface area contributed by atoms with Crippen molar-refractivity contribution in [2.75, 3.05) is 0 Å². The maximum Gasteiger partial charge on any atom is 0.306 e. The fourth-order valence-electron chi connectivity index (χ4n) is 4.29. The lowest BCUT2D eigenvalue weighted by atomic mass is 9.87. The molecule has 0 aromatic carbocycles. The molecule has 1 aliphatic rings. The van der Waals surface area contributed by atoms with Gasteiger partial charge >= 0.3 is 5.97 Å². The minimum absolute atomic E-state index is 0.130. The molecule has 1 aliphatic carbocycles. The van der Waals surface area contributed by atoms with E-state index in [2.05, 4.69) is 32.0 Å². The van der Waals surface area contributed by atoms with Crippen LogP contribution in [0.15, 0.2) is 24.7 Å². The van der Waals surface area contributed by atoms with Crippen LogP contribution in [0.4, 0.5) is 0 Å². The Labute approximate surface area is 193 Å². The van der Waals surface area contributed by atoms with Crippen LogP contribution in [0.5, 0.6) is 5.75 Å². The van der Waals surface area contributed by atoms with E-state index in [4.69, 9.17) is 4.74 Å². The Kier molecular flexibility index (Phi) is 6.96. The summed E-state index contributed by atoms with van der Waals surface area (Å²) in [5.74, 6) is 0.809. The van der Waals surface area contributed by atoms with Crippen LogP contribution in [0.3, 0.4) is 0 Å². The number of aromatic nitrogens is 6. The molecule has 1 N–H and O–H groups in total. The smallest absolute Gasteiger partial charge is 0.306 e. The number of ether oxygens (including phenoxy) is 1. The zero-order valence-corrected chi connectivity index (χ0v) is 19.4. The quantitative estimate of drug-likeness (QED) is 0.554. The highest BCUT2D eigenvalue weighted by molar-refractivity contribution is 5.70. The maximum atomic E-state index is 11.3. The molecule has 9 nitrogen and oxygen atoms in total. The Morgan fingerprint density at radius 3 is 2.85 bits per heavy atom. The van der Waals surface area contributed by atoms with E-state index in [-0.39, 0.29) is 12.0 Å². The van der Waals surface area contributed by atoms with E-state index in [1.54, 1.807) is 18.6 Å². The van der Waals surface area contributed by atoms with Crippen LogP contribution in [0.2, 0.25) is 0 Å². The molecule has 0 unspecified atom stereocenters. The van der Waals surface area contributed by atoms with E-state index in [9.17, 15) is 9.90 Å². The third-order valence-electron chi connectivity index (χ3n) is 6.10. The van der Waals surface area contributed by atoms with Crippen LogP contribution in [0.25, 0.3) is 11.4 Å². The number of hydrogen-bond donors (Lipinski definition) is 1. The molecular formula is C24H30N6O3. The number of carbonyl (C=O) groups is 1. The number of carboxylic acids is 1. The molecule has 0 aliphatic heterocycles. The molecule has 1 saturated carbocycles. The summed E-state index contributed by atoms with van der Waals surface area (Å²) in [7, 11) is 1.89. The Balaban J connectivity index is 1.53. The van der Waals surface area contributed by atoms with Gasteiger partial charge in [-0.3, -0.25) is 9.48 Å². The Bertz CT molecular complexity index is 1130. The zero-order chi connectivity index (χ0) is 23.4. The van der Waals surface area contributed by atoms with Gasteiger partial charge in [-0.15, -0.1) is 0 Å². The van der Waals surface area contributed by atoms with Crippen LogP contribution in [-0.4, -0.2) is 46.9 Å². The van der Waals surface area contributed by atoms with Crippen molar-refractivity contribution < 1.29 is 14.6 Å². The van der Waals surface area contributed by atoms with E-state index in [1.807, 2.05) is 24.7 Å². The molecule has 0 bridgehead atoms. The first-order valence-electron chi connectivity index (χ1n) is 11.5. The average Bonchev–Trinajstić information content (AvgIpc) is 3.16. The van der Waals surface area contributed by atoms with E-state index >= 15 is 0 Å². The number of rotatable bonds is 8. The summed E-state index contributed by atoms with van der Waals surface area (Å²) in [6.45, 7) is 4.01. The van der Waals surface area contributed by atoms with Gasteiger partial charge in [0.05, 0.1) is 47.8 Å². The summed E-state index contributed by atoms with van der Waals surface area (Å²) in [6.07, 6.45) is 10.5. The van der Waals surface area contributed by atoms with Gasteiger partial charge in [0, 0.05) is 18.9 Å². The number of aryl methyl sites for hydroxylation is 3. The highest BCUT2D eigenvalue weighted by atomic mass is 16.5. The molecule has 3 aromatic rings. The SMILES string of the molecule is CCCc1ccnc(Cc2c(-c3ncc(O[C@H]4CCC[C@H](C(=O)O)C4)c(C)n3)cnn2C)n1. The molecule has 33 heavy (non-hydrogen) atoms. The van der Waals surface area contributed by atoms with Crippen molar-refractivity contribution in [3.63, 3.8) is 0 Å². The minimum Gasteiger partial charge on any atom is -0.487 e. The number of carboxylic acid groups (broad SMARTS) is 1. The van der Waals surface area contributed by atoms with Crippen molar-refractivity contribution in [1.29, 1.82) is 0 Å². The normalized spacial score (nSPS) is 18.3. The van der Waals surface area contributed by atoms with Gasteiger partial charge in [0.1, 0.15) is 5.82 Å². The largest absolute Gasteiger partial charge is 0.487 e. The van der Waals surface area contributed by atoms with Crippen molar-refractivity contribution in [2.45, 2.75) is 64.9 Å². The summed E-state index contributed by atoms with van der Waals surface area (Å²) in [5.41, 5.74) is 3.52. The van der Waals surface area contributed by atoms with Crippen molar-refractivity contribution in [3.8, 4) is 17.1 Å². The van der Waals surface area contributed by atoms with Crippen LogP contribution in [0, 0.1) is 12.8 Å². The number of aliphatic carboxylic acids is 1. The number of nitrogens with zero attached hydrogens (tertiary/aromatic N) is 6. The van der Waals surface area contributed by atoms with Crippen LogP contribution >= 0.6 is 0 Å². The standard InChI is InChI=1S/C24H30N6O3/c1-4-6-17-9-10-25-22(29-17)12-20-19(13-27-30(20)3)23-26-14-21(15(2)28-23)33-18-8-5-7-16(11-18)24(31)32/h9-10,13-14,16,18H,4-8,11-12H2,1-3H3,(H,31,32)/t16-,18-/m0/s1. The predicted molar refractivity (Wildman–Crippen MR) is 122 cm³/mol. The second-order valence-corrected chi connectivity index (χ2v) is 8.60. The minimum atomic E-state index is -0.750. The molecule has 2 atom stereocenters. The van der Waals surface area contributed by atoms with Gasteiger partial charge in [0.25, 0.3) is 0 Å². The van der Waals surface area contributed by atoms with Gasteiger partial charge in [-0.1, -0.05) is 13.3 Å². The predicted octanol–water partition coefficient (Wildman–Crippen LogP) is 3.54. The lowest BCUT2D eigenvalue weighted by Crippen LogP contribution is -2.29. The van der Waals surface area contributed by atoms with Crippen LogP contribution < -0.4 is 4.74 Å². The molecular weight excluding hydrogens is 420 g/mol. The third-order valence-corrected chi connectivity index (χ3v) is 6.10. The molecule has 0 saturated heterocycles. The molecule has 0 spiro atoms. The summed E-state index contributed by atoms with van der Waals surface area (Å²) in [5, 5.41) is 13.7. The summed E-state index contributed by atoms with van der Waals surface area (Å²) in [6, 6.07) is 1.95. The zero-order valence-electron chi connectivity index (χ0n) is 19.4. The van der Waals surface area contributed by atoms with Gasteiger partial charge in [-0.25, -0.2) is 19.9 Å². The summed E-state index contributed by atoms with van der Waals surface area (Å²) in [4.78, 5) is 29.7. The van der Waals surface area contributed by atoms with Crippen molar-refractivity contribution >= 4 is 5.97 Å². The lowest BCUT2D eigenvalue weighted by Gasteiger charge is -2.27. The first-order chi connectivity index (χ1) is 15.9. The molecule has 4 rings (SSSR count). The van der Waals surface area contributed by atoms with Crippen molar-refractivity contribution in [1.82, 2.24) is 29.7 Å². The highest BCUT2D eigenvalue weighted by Crippen LogP contribution is 2.30. The Morgan fingerprint density at radius 1 is 1.24 bits per heavy atom. The monoisotopic (exact) mass is 450 g/mol. The topological polar surface area (TPSA) is 116 Å². The van der Waals surface area contributed by atoms with E-state index in [0.29, 0.717) is 36.5 Å². The van der Waals surface area contributed by atoms with Gasteiger partial charge in [-0.2, -0.15) is 5.10 Å². The van der Waals surface area contributed by atoms with Crippen LogP contribution in [-0.2, 0) is 24.7 Å². The third kappa shape index (κ3) is 5.35. The first kappa shape index (κ1) is 22.8. The van der Waals surface area contributed by atoms with Crippen molar-refractivity contribution in [2.24, 2.45) is 13.0 Å². The summed E-state index contributed by atoms with van der Waals surface area (Å²) >= 11 is 0. The van der Waals surface area contributed by atoms with Gasteiger partial charge < -0.3 is 9.84 Å². The van der Waals surface area contributed by atoms with Gasteiger partial charge in [0.15, 0.2) is 11.6 Å². The van der Waals surface area contributed by atoms with Crippen molar-refractivity contribution in [3.05, 3.63) is 47.6 Å². The fraction of sp³-hybridized carbons (Fsp3) is 0.500. The second-order valence-electron chi connectivity index (χ2n) is 8.60. The maximum absolute atomic E-state index is 11.3. The Morgan fingerprint density at radius 2 is 2.09 bits per heavy atom. The number of hydrogen-bond acceptors (Lipinski definition) is 7. The van der Waals surface area contributed by atoms with E-state index < -0.39 is 5.97 Å².